The van der Waals surface area contributed by atoms with Crippen LogP contribution in [0.15, 0.2) is 0 Å². The second kappa shape index (κ2) is 5.28. The number of nitrogens with one attached hydrogen (secondary N) is 1. The Labute approximate surface area is 92.9 Å². The Kier molecular flexibility index (Phi) is 4.56. The van der Waals surface area contributed by atoms with Crippen molar-refractivity contribution < 1.29 is 10.2 Å². The van der Waals surface area contributed by atoms with Crippen LogP contribution in [0.2, 0.25) is 0 Å². The van der Waals surface area contributed by atoms with Gasteiger partial charge in [-0.3, -0.25) is 0 Å². The molecule has 15 heavy (non-hydrogen) atoms. The van der Waals surface area contributed by atoms with E-state index in [0.29, 0.717) is 12.0 Å². The van der Waals surface area contributed by atoms with E-state index < -0.39 is 0 Å². The zero-order valence-electron chi connectivity index (χ0n) is 10.1. The molecular weight excluding hydrogens is 190 g/mol. The monoisotopic (exact) mass is 215 g/mol. The van der Waals surface area contributed by atoms with Gasteiger partial charge in [0.2, 0.25) is 0 Å². The van der Waals surface area contributed by atoms with Gasteiger partial charge in [0.05, 0.1) is 13.2 Å². The Morgan fingerprint density at radius 2 is 1.87 bits per heavy atom. The molecule has 0 aromatic carbocycles. The first-order valence-corrected chi connectivity index (χ1v) is 6.02. The van der Waals surface area contributed by atoms with Gasteiger partial charge in [0.25, 0.3) is 0 Å². The molecule has 3 heteroatoms. The summed E-state index contributed by atoms with van der Waals surface area (Å²) in [6.07, 6.45) is 5.22. The zero-order chi connectivity index (χ0) is 11.4. The second-order valence-electron chi connectivity index (χ2n) is 5.48. The van der Waals surface area contributed by atoms with E-state index >= 15 is 0 Å². The molecule has 0 spiro atoms. The Morgan fingerprint density at radius 3 is 2.27 bits per heavy atom. The molecule has 1 aliphatic carbocycles. The van der Waals surface area contributed by atoms with Crippen molar-refractivity contribution in [3.63, 3.8) is 0 Å². The van der Waals surface area contributed by atoms with Crippen LogP contribution in [0.3, 0.4) is 0 Å². The number of rotatable bonds is 8. The van der Waals surface area contributed by atoms with Gasteiger partial charge >= 0.3 is 0 Å². The predicted octanol–water partition coefficient (Wildman–Crippen LogP) is 1.15. The van der Waals surface area contributed by atoms with Crippen molar-refractivity contribution >= 4 is 0 Å². The topological polar surface area (TPSA) is 52.5 Å². The van der Waals surface area contributed by atoms with E-state index in [1.807, 2.05) is 6.92 Å². The fourth-order valence-electron chi connectivity index (χ4n) is 2.01. The number of hydrogen-bond acceptors (Lipinski definition) is 3. The molecule has 0 amide bonds. The predicted molar refractivity (Wildman–Crippen MR) is 61.7 cm³/mol. The van der Waals surface area contributed by atoms with Gasteiger partial charge in [-0.15, -0.1) is 0 Å². The molecular formula is C12H25NO2. The van der Waals surface area contributed by atoms with E-state index in [4.69, 9.17) is 10.2 Å². The number of aliphatic hydroxyl groups excluding tert-OH is 2. The van der Waals surface area contributed by atoms with E-state index in [1.54, 1.807) is 0 Å². The van der Waals surface area contributed by atoms with Gasteiger partial charge in [-0.05, 0) is 24.7 Å². The lowest BCUT2D eigenvalue weighted by Crippen LogP contribution is -2.40. The molecule has 0 bridgehead atoms. The molecule has 0 aromatic rings. The molecule has 3 nitrogen and oxygen atoms in total. The molecule has 0 atom stereocenters. The third kappa shape index (κ3) is 3.74. The SMILES string of the molecule is CCCC1(CNCC(C)(CO)CO)CC1. The highest BCUT2D eigenvalue weighted by Gasteiger charge is 2.41. The minimum Gasteiger partial charge on any atom is -0.396 e. The first-order chi connectivity index (χ1) is 7.10. The first-order valence-electron chi connectivity index (χ1n) is 6.02. The molecule has 1 saturated carbocycles. The Bertz CT molecular complexity index is 186. The Hall–Kier alpha value is -0.120. The van der Waals surface area contributed by atoms with Crippen LogP contribution >= 0.6 is 0 Å². The molecule has 0 aliphatic heterocycles. The van der Waals surface area contributed by atoms with Gasteiger partial charge in [-0.2, -0.15) is 0 Å². The average molecular weight is 215 g/mol. The third-order valence-corrected chi connectivity index (χ3v) is 3.55. The lowest BCUT2D eigenvalue weighted by molar-refractivity contribution is 0.0685. The van der Waals surface area contributed by atoms with Crippen molar-refractivity contribution in [1.29, 1.82) is 0 Å². The largest absolute Gasteiger partial charge is 0.396 e. The van der Waals surface area contributed by atoms with Crippen LogP contribution in [0.25, 0.3) is 0 Å². The van der Waals surface area contributed by atoms with Crippen molar-refractivity contribution in [2.24, 2.45) is 10.8 Å². The summed E-state index contributed by atoms with van der Waals surface area (Å²) >= 11 is 0. The summed E-state index contributed by atoms with van der Waals surface area (Å²) in [5, 5.41) is 21.7. The van der Waals surface area contributed by atoms with Crippen molar-refractivity contribution in [2.45, 2.75) is 39.5 Å². The highest BCUT2D eigenvalue weighted by atomic mass is 16.3. The number of hydrogen-bond donors (Lipinski definition) is 3. The van der Waals surface area contributed by atoms with Gasteiger partial charge in [-0.25, -0.2) is 0 Å². The van der Waals surface area contributed by atoms with E-state index in [1.165, 1.54) is 25.7 Å². The molecule has 1 fully saturated rings. The van der Waals surface area contributed by atoms with Gasteiger partial charge < -0.3 is 15.5 Å². The van der Waals surface area contributed by atoms with E-state index in [0.717, 1.165) is 6.54 Å². The van der Waals surface area contributed by atoms with E-state index in [2.05, 4.69) is 12.2 Å². The smallest absolute Gasteiger partial charge is 0.0518 e. The second-order valence-corrected chi connectivity index (χ2v) is 5.48. The summed E-state index contributed by atoms with van der Waals surface area (Å²) in [5.74, 6) is 0. The minimum absolute atomic E-state index is 0.0390. The van der Waals surface area contributed by atoms with Crippen molar-refractivity contribution in [3.8, 4) is 0 Å². The van der Waals surface area contributed by atoms with Crippen LogP contribution in [0.4, 0.5) is 0 Å². The highest BCUT2D eigenvalue weighted by Crippen LogP contribution is 2.48. The molecule has 0 unspecified atom stereocenters. The highest BCUT2D eigenvalue weighted by molar-refractivity contribution is 4.94. The van der Waals surface area contributed by atoms with Crippen LogP contribution in [0.1, 0.15) is 39.5 Å². The van der Waals surface area contributed by atoms with E-state index in [-0.39, 0.29) is 18.6 Å². The van der Waals surface area contributed by atoms with Gasteiger partial charge in [0, 0.05) is 18.5 Å². The van der Waals surface area contributed by atoms with Gasteiger partial charge in [0.1, 0.15) is 0 Å². The summed E-state index contributed by atoms with van der Waals surface area (Å²) in [4.78, 5) is 0. The molecule has 90 valence electrons. The first kappa shape index (κ1) is 12.9. The molecule has 1 aliphatic rings. The standard InChI is InChI=1S/C12H25NO2/c1-3-4-12(5-6-12)8-13-7-11(2,9-14)10-15/h13-15H,3-10H2,1-2H3. The molecule has 0 radical (unpaired) electrons. The lowest BCUT2D eigenvalue weighted by atomic mass is 9.92. The van der Waals surface area contributed by atoms with Crippen LogP contribution in [-0.4, -0.2) is 36.5 Å². The molecule has 0 saturated heterocycles. The van der Waals surface area contributed by atoms with E-state index in [9.17, 15) is 0 Å². The van der Waals surface area contributed by atoms with Crippen molar-refractivity contribution in [1.82, 2.24) is 5.32 Å². The maximum atomic E-state index is 9.13. The zero-order valence-corrected chi connectivity index (χ0v) is 10.1. The van der Waals surface area contributed by atoms with Gasteiger partial charge in [0.15, 0.2) is 0 Å². The molecule has 1 rings (SSSR count). The van der Waals surface area contributed by atoms with Gasteiger partial charge in [-0.1, -0.05) is 20.3 Å². The fraction of sp³-hybridized carbons (Fsp3) is 1.00. The summed E-state index contributed by atoms with van der Waals surface area (Å²) < 4.78 is 0. The Balaban J connectivity index is 2.21. The lowest BCUT2D eigenvalue weighted by Gasteiger charge is -2.26. The minimum atomic E-state index is -0.373. The van der Waals surface area contributed by atoms with Crippen molar-refractivity contribution in [3.05, 3.63) is 0 Å². The quantitative estimate of drug-likeness (QED) is 0.569. The third-order valence-electron chi connectivity index (χ3n) is 3.55. The normalized spacial score (nSPS) is 19.2. The van der Waals surface area contributed by atoms with Crippen LogP contribution in [-0.2, 0) is 0 Å². The average Bonchev–Trinajstić information content (AvgIpc) is 2.99. The maximum Gasteiger partial charge on any atom is 0.0518 e. The fourth-order valence-corrected chi connectivity index (χ4v) is 2.01. The molecule has 0 heterocycles. The summed E-state index contributed by atoms with van der Waals surface area (Å²) in [6, 6.07) is 0. The number of aliphatic hydroxyl groups is 2. The van der Waals surface area contributed by atoms with Crippen LogP contribution in [0.5, 0.6) is 0 Å². The molecule has 0 aromatic heterocycles. The summed E-state index contributed by atoms with van der Waals surface area (Å²) in [7, 11) is 0. The Morgan fingerprint density at radius 1 is 1.27 bits per heavy atom. The maximum absolute atomic E-state index is 9.13. The van der Waals surface area contributed by atoms with Crippen molar-refractivity contribution in [2.75, 3.05) is 26.3 Å². The summed E-state index contributed by atoms with van der Waals surface area (Å²) in [6.45, 7) is 5.95. The molecule has 3 N–H and O–H groups in total. The van der Waals surface area contributed by atoms with Crippen LogP contribution in [0, 0.1) is 10.8 Å². The summed E-state index contributed by atoms with van der Waals surface area (Å²) in [5.41, 5.74) is 0.170. The van der Waals surface area contributed by atoms with Crippen LogP contribution < -0.4 is 5.32 Å².